The van der Waals surface area contributed by atoms with Crippen molar-refractivity contribution in [2.45, 2.75) is 51.3 Å². The van der Waals surface area contributed by atoms with Crippen LogP contribution in [-0.2, 0) is 9.22 Å². The summed E-state index contributed by atoms with van der Waals surface area (Å²) < 4.78 is 6.73. The Morgan fingerprint density at radius 2 is 1.35 bits per heavy atom. The highest BCUT2D eigenvalue weighted by Crippen LogP contribution is 2.38. The quantitative estimate of drug-likeness (QED) is 0.766. The summed E-state index contributed by atoms with van der Waals surface area (Å²) in [6.45, 7) is 9.73. The molecule has 4 nitrogen and oxygen atoms in total. The van der Waals surface area contributed by atoms with Gasteiger partial charge in [0.05, 0.1) is 6.10 Å². The lowest BCUT2D eigenvalue weighted by Gasteiger charge is -2.46. The summed E-state index contributed by atoms with van der Waals surface area (Å²) in [4.78, 5) is 11.7. The van der Waals surface area contributed by atoms with Gasteiger partial charge < -0.3 is 15.3 Å². The van der Waals surface area contributed by atoms with Crippen molar-refractivity contribution in [2.24, 2.45) is 5.73 Å². The van der Waals surface area contributed by atoms with Gasteiger partial charge in [-0.25, -0.2) is 0 Å². The fourth-order valence-electron chi connectivity index (χ4n) is 3.25. The monoisotopic (exact) mass is 371 g/mol. The van der Waals surface area contributed by atoms with E-state index in [1.165, 1.54) is 6.92 Å². The Kier molecular flexibility index (Phi) is 5.75. The normalized spacial score (nSPS) is 15.9. The van der Waals surface area contributed by atoms with Crippen molar-refractivity contribution in [2.75, 3.05) is 0 Å². The average molecular weight is 372 g/mol. The van der Waals surface area contributed by atoms with E-state index in [1.807, 2.05) is 36.4 Å². The molecule has 0 saturated carbocycles. The van der Waals surface area contributed by atoms with E-state index in [0.29, 0.717) is 0 Å². The lowest BCUT2D eigenvalue weighted by Crippen LogP contribution is -2.70. The zero-order valence-corrected chi connectivity index (χ0v) is 17.2. The lowest BCUT2D eigenvalue weighted by molar-refractivity contribution is -0.146. The molecule has 0 aromatic heterocycles. The van der Waals surface area contributed by atoms with Gasteiger partial charge in [0.2, 0.25) is 0 Å². The first kappa shape index (κ1) is 20.4. The first-order chi connectivity index (χ1) is 12.0. The minimum Gasteiger partial charge on any atom is -0.480 e. The van der Waals surface area contributed by atoms with Gasteiger partial charge in [-0.1, -0.05) is 81.4 Å². The van der Waals surface area contributed by atoms with Crippen LogP contribution in [0, 0.1) is 0 Å². The Labute approximate surface area is 157 Å². The number of benzene rings is 2. The molecular formula is C21H29NO3Si. The third-order valence-corrected chi connectivity index (χ3v) is 10.2. The van der Waals surface area contributed by atoms with Crippen LogP contribution in [0.5, 0.6) is 0 Å². The lowest BCUT2D eigenvalue weighted by atomic mass is 9.98. The maximum Gasteiger partial charge on any atom is 0.326 e. The molecule has 3 N–H and O–H groups in total. The van der Waals surface area contributed by atoms with E-state index < -0.39 is 25.9 Å². The summed E-state index contributed by atoms with van der Waals surface area (Å²) in [7, 11) is -2.81. The number of rotatable bonds is 6. The first-order valence-corrected chi connectivity index (χ1v) is 10.8. The second-order valence-corrected chi connectivity index (χ2v) is 12.3. The summed E-state index contributed by atoms with van der Waals surface area (Å²) in [6.07, 6.45) is -0.661. The summed E-state index contributed by atoms with van der Waals surface area (Å²) in [5.74, 6) is -1.07. The average Bonchev–Trinajstić information content (AvgIpc) is 2.59. The van der Waals surface area contributed by atoms with Crippen LogP contribution in [0.2, 0.25) is 5.04 Å². The Morgan fingerprint density at radius 3 is 1.65 bits per heavy atom. The zero-order valence-electron chi connectivity index (χ0n) is 16.2. The Hall–Kier alpha value is -1.95. The van der Waals surface area contributed by atoms with Crippen LogP contribution in [0.4, 0.5) is 0 Å². The zero-order chi connectivity index (χ0) is 19.6. The number of aliphatic carboxylic acids is 1. The maximum atomic E-state index is 11.7. The van der Waals surface area contributed by atoms with Crippen LogP contribution in [-0.4, -0.2) is 31.0 Å². The molecule has 26 heavy (non-hydrogen) atoms. The first-order valence-electron chi connectivity index (χ1n) is 8.84. The molecule has 0 heterocycles. The van der Waals surface area contributed by atoms with Crippen molar-refractivity contribution < 1.29 is 14.3 Å². The van der Waals surface area contributed by atoms with E-state index >= 15 is 0 Å². The maximum absolute atomic E-state index is 11.7. The van der Waals surface area contributed by atoms with Crippen molar-refractivity contribution >= 4 is 24.7 Å². The van der Waals surface area contributed by atoms with Crippen molar-refractivity contribution in [1.29, 1.82) is 0 Å². The van der Waals surface area contributed by atoms with Gasteiger partial charge in [0.15, 0.2) is 0 Å². The van der Waals surface area contributed by atoms with Crippen LogP contribution in [0.3, 0.4) is 0 Å². The fraction of sp³-hybridized carbons (Fsp3) is 0.381. The molecule has 0 amide bonds. The SMILES string of the molecule is C[C@@H](O[Si](c1ccccc1)(c1ccccc1)C(C)(C)C)[C@@](C)(N)C(=O)O. The summed E-state index contributed by atoms with van der Waals surface area (Å²) in [5.41, 5.74) is 4.63. The molecule has 0 unspecified atom stereocenters. The van der Waals surface area contributed by atoms with Crippen molar-refractivity contribution in [3.05, 3.63) is 60.7 Å². The number of hydrogen-bond acceptors (Lipinski definition) is 3. The van der Waals surface area contributed by atoms with Gasteiger partial charge in [-0.3, -0.25) is 4.79 Å². The van der Waals surface area contributed by atoms with Gasteiger partial charge >= 0.3 is 5.97 Å². The number of carboxylic acid groups (broad SMARTS) is 1. The summed E-state index contributed by atoms with van der Waals surface area (Å²) in [5, 5.41) is 11.5. The van der Waals surface area contributed by atoms with E-state index in [0.717, 1.165) is 10.4 Å². The molecule has 2 rings (SSSR count). The molecule has 0 fully saturated rings. The van der Waals surface area contributed by atoms with Crippen LogP contribution in [0.1, 0.15) is 34.6 Å². The molecule has 5 heteroatoms. The molecule has 0 aliphatic carbocycles. The predicted molar refractivity (Wildman–Crippen MR) is 108 cm³/mol. The van der Waals surface area contributed by atoms with Gasteiger partial charge in [0, 0.05) is 0 Å². The Bertz CT molecular complexity index is 699. The number of carboxylic acids is 1. The van der Waals surface area contributed by atoms with E-state index in [9.17, 15) is 9.90 Å². The molecule has 0 spiro atoms. The molecule has 0 radical (unpaired) electrons. The standard InChI is InChI=1S/C21H29NO3Si/c1-16(21(5,22)19(23)24)25-26(20(2,3)4,17-12-8-6-9-13-17)18-14-10-7-11-15-18/h6-16H,22H2,1-5H3,(H,23,24)/t16-,21-/m1/s1. The van der Waals surface area contributed by atoms with E-state index in [1.54, 1.807) is 6.92 Å². The topological polar surface area (TPSA) is 72.5 Å². The highest BCUT2D eigenvalue weighted by molar-refractivity contribution is 6.99. The molecule has 2 aromatic carbocycles. The molecule has 2 aromatic rings. The van der Waals surface area contributed by atoms with Gasteiger partial charge in [-0.15, -0.1) is 0 Å². The molecule has 0 bridgehead atoms. The van der Waals surface area contributed by atoms with Crippen LogP contribution in [0.15, 0.2) is 60.7 Å². The number of nitrogens with two attached hydrogens (primary N) is 1. The van der Waals surface area contributed by atoms with Crippen LogP contribution in [0.25, 0.3) is 0 Å². The van der Waals surface area contributed by atoms with Gasteiger partial charge in [0.1, 0.15) is 5.54 Å². The third-order valence-electron chi connectivity index (χ3n) is 5.08. The molecule has 0 aliphatic rings. The Morgan fingerprint density at radius 1 is 0.962 bits per heavy atom. The van der Waals surface area contributed by atoms with Crippen LogP contribution >= 0.6 is 0 Å². The number of carbonyl (C=O) groups is 1. The van der Waals surface area contributed by atoms with Crippen molar-refractivity contribution in [3.8, 4) is 0 Å². The third kappa shape index (κ3) is 3.61. The van der Waals surface area contributed by atoms with E-state index in [2.05, 4.69) is 45.0 Å². The minimum absolute atomic E-state index is 0.224. The molecule has 0 saturated heterocycles. The highest BCUT2D eigenvalue weighted by Gasteiger charge is 2.53. The Balaban J connectivity index is 2.71. The molecular weight excluding hydrogens is 342 g/mol. The molecule has 140 valence electrons. The smallest absolute Gasteiger partial charge is 0.326 e. The molecule has 2 atom stereocenters. The van der Waals surface area contributed by atoms with E-state index in [-0.39, 0.29) is 5.04 Å². The highest BCUT2D eigenvalue weighted by atomic mass is 28.4. The fourth-order valence-corrected chi connectivity index (χ4v) is 8.04. The van der Waals surface area contributed by atoms with Crippen LogP contribution < -0.4 is 16.1 Å². The largest absolute Gasteiger partial charge is 0.480 e. The second kappa shape index (κ2) is 7.35. The minimum atomic E-state index is -2.81. The molecule has 0 aliphatic heterocycles. The summed E-state index contributed by atoms with van der Waals surface area (Å²) in [6, 6.07) is 20.2. The van der Waals surface area contributed by atoms with Gasteiger partial charge in [-0.2, -0.15) is 0 Å². The van der Waals surface area contributed by atoms with E-state index in [4.69, 9.17) is 10.2 Å². The van der Waals surface area contributed by atoms with Crippen molar-refractivity contribution in [1.82, 2.24) is 0 Å². The second-order valence-electron chi connectivity index (χ2n) is 8.01. The van der Waals surface area contributed by atoms with Gasteiger partial charge in [-0.05, 0) is 29.3 Å². The predicted octanol–water partition coefficient (Wildman–Crippen LogP) is 2.75. The van der Waals surface area contributed by atoms with Gasteiger partial charge in [0.25, 0.3) is 8.32 Å². The summed E-state index contributed by atoms with van der Waals surface area (Å²) >= 11 is 0. The van der Waals surface area contributed by atoms with Crippen molar-refractivity contribution in [3.63, 3.8) is 0 Å². The number of hydrogen-bond donors (Lipinski definition) is 2.